The largest absolute Gasteiger partial charge is 0.671 e. The lowest BCUT2D eigenvalue weighted by atomic mass is 10.0. The number of amides is 1. The van der Waals surface area contributed by atoms with E-state index in [0.29, 0.717) is 36.5 Å². The Hall–Kier alpha value is -2.56. The predicted molar refractivity (Wildman–Crippen MR) is 125 cm³/mol. The lowest BCUT2D eigenvalue weighted by molar-refractivity contribution is -0.137. The third kappa shape index (κ3) is 5.99. The molecule has 4 rings (SSSR count). The summed E-state index contributed by atoms with van der Waals surface area (Å²) in [5, 5.41) is 8.92. The van der Waals surface area contributed by atoms with Crippen molar-refractivity contribution in [3.63, 3.8) is 0 Å². The number of likely N-dealkylation sites (tertiary alicyclic amines) is 1. The number of carboxylic acids is 1. The predicted octanol–water partition coefficient (Wildman–Crippen LogP) is 6.20. The number of aromatic carboxylic acids is 1. The summed E-state index contributed by atoms with van der Waals surface area (Å²) in [6, 6.07) is 4.64. The van der Waals surface area contributed by atoms with Gasteiger partial charge >= 0.3 is 12.1 Å². The molecule has 1 aromatic heterocycles. The van der Waals surface area contributed by atoms with Gasteiger partial charge in [0.25, 0.3) is 5.91 Å². The number of carboxylic acid groups (broad SMARTS) is 1. The van der Waals surface area contributed by atoms with Crippen LogP contribution in [0.3, 0.4) is 0 Å². The van der Waals surface area contributed by atoms with E-state index in [1.165, 1.54) is 18.2 Å². The van der Waals surface area contributed by atoms with E-state index in [0.717, 1.165) is 25.5 Å². The number of carbonyl (C=O) groups is 2. The van der Waals surface area contributed by atoms with Crippen LogP contribution >= 0.6 is 11.6 Å². The van der Waals surface area contributed by atoms with Crippen molar-refractivity contribution in [2.75, 3.05) is 13.2 Å². The van der Waals surface area contributed by atoms with Crippen LogP contribution in [0, 0.1) is 0 Å². The van der Waals surface area contributed by atoms with Crippen molar-refractivity contribution in [3.05, 3.63) is 63.1 Å². The van der Waals surface area contributed by atoms with Crippen molar-refractivity contribution in [1.82, 2.24) is 9.47 Å². The molecule has 0 radical (unpaired) electrons. The maximum absolute atomic E-state index is 12.6. The molecule has 192 valence electrons. The van der Waals surface area contributed by atoms with E-state index in [9.17, 15) is 27.9 Å². The van der Waals surface area contributed by atoms with Gasteiger partial charge in [-0.3, -0.25) is 4.79 Å². The molecule has 3 heterocycles. The normalized spacial score (nSPS) is 18.5. The smallest absolute Gasteiger partial charge is 0.417 e. The molecule has 2 atom stereocenters. The van der Waals surface area contributed by atoms with Crippen LogP contribution in [0.25, 0.3) is 5.73 Å². The van der Waals surface area contributed by atoms with Crippen LogP contribution in [-0.2, 0) is 24.1 Å². The van der Waals surface area contributed by atoms with Gasteiger partial charge in [0.2, 0.25) is 0 Å². The van der Waals surface area contributed by atoms with Crippen LogP contribution in [-0.4, -0.2) is 45.6 Å². The van der Waals surface area contributed by atoms with Gasteiger partial charge < -0.3 is 25.0 Å². The fraction of sp³-hybridized carbons (Fsp3) is 0.500. The van der Waals surface area contributed by atoms with E-state index >= 15 is 0 Å². The Balaban J connectivity index is 0.000000205. The highest BCUT2D eigenvalue weighted by Crippen LogP contribution is 2.36. The number of benzene rings is 1. The van der Waals surface area contributed by atoms with Crippen molar-refractivity contribution >= 4 is 23.5 Å². The van der Waals surface area contributed by atoms with Gasteiger partial charge in [-0.15, -0.1) is 6.04 Å². The number of ether oxygens (including phenoxy) is 1. The number of hydrogen-bond donors (Lipinski definition) is 1. The molecule has 0 unspecified atom stereocenters. The number of nitrogens with one attached hydrogen (secondary N) is 1. The lowest BCUT2D eigenvalue weighted by Crippen LogP contribution is -2.35. The van der Waals surface area contributed by atoms with Crippen LogP contribution in [0.4, 0.5) is 13.2 Å². The molecule has 7 nitrogen and oxygen atoms in total. The zero-order chi connectivity index (χ0) is 25.9. The first kappa shape index (κ1) is 27.0. The van der Waals surface area contributed by atoms with Crippen LogP contribution in [0.1, 0.15) is 76.8 Å². The van der Waals surface area contributed by atoms with Crippen LogP contribution in [0.5, 0.6) is 0 Å². The quantitative estimate of drug-likeness (QED) is 0.525. The van der Waals surface area contributed by atoms with E-state index in [4.69, 9.17) is 22.1 Å². The molecule has 2 N–H and O–H groups in total. The summed E-state index contributed by atoms with van der Waals surface area (Å²) in [7, 11) is 0. The van der Waals surface area contributed by atoms with Crippen LogP contribution in [0.15, 0.2) is 24.3 Å². The molecule has 0 saturated carbocycles. The fourth-order valence-electron chi connectivity index (χ4n) is 4.28. The highest BCUT2D eigenvalue weighted by atomic mass is 35.5. The molecule has 0 aliphatic carbocycles. The van der Waals surface area contributed by atoms with Gasteiger partial charge in [0, 0.05) is 19.1 Å². The number of halogens is 4. The second-order valence-corrected chi connectivity index (χ2v) is 8.99. The van der Waals surface area contributed by atoms with Gasteiger partial charge in [0.1, 0.15) is 5.69 Å². The highest BCUT2D eigenvalue weighted by molar-refractivity contribution is 6.31. The number of hydrogen-bond acceptors (Lipinski definition) is 3. The number of rotatable bonds is 4. The summed E-state index contributed by atoms with van der Waals surface area (Å²) in [6.45, 7) is 5.88. The number of carbonyl (C=O) groups excluding carboxylic acids is 1. The molecule has 2 aliphatic rings. The second kappa shape index (κ2) is 11.0. The van der Waals surface area contributed by atoms with Crippen molar-refractivity contribution < 1.29 is 32.6 Å². The average molecular weight is 515 g/mol. The first-order valence-electron chi connectivity index (χ1n) is 11.4. The zero-order valence-corrected chi connectivity index (χ0v) is 20.2. The molecule has 1 fully saturated rings. The average Bonchev–Trinajstić information content (AvgIpc) is 3.41. The Morgan fingerprint density at radius 2 is 2.00 bits per heavy atom. The summed E-state index contributed by atoms with van der Waals surface area (Å²) in [6.07, 6.45) is -1.87. The monoisotopic (exact) mass is 514 g/mol. The molecule has 1 aromatic carbocycles. The standard InChI is InChI=1S/C14H18N2O4.C10H10ClF3N/c1-9-3-2-4-15(9)13(17)11-7-10(14(18)19)12-8-20-6-5-16(11)12;1-2-9(15)6-3-4-7(8(11)5-6)10(12,13)14/h7,9H,2-6,8H2,1H3,(H,18,19);3-5,9,15H,2H2,1H3/q;-1/t2*9-/m01/s1. The Labute approximate surface area is 206 Å². The van der Waals surface area contributed by atoms with Crippen LogP contribution < -0.4 is 0 Å². The first-order valence-corrected chi connectivity index (χ1v) is 11.8. The summed E-state index contributed by atoms with van der Waals surface area (Å²) in [4.78, 5) is 25.8. The van der Waals surface area contributed by atoms with Gasteiger partial charge in [-0.2, -0.15) is 13.2 Å². The van der Waals surface area contributed by atoms with Gasteiger partial charge in [0.05, 0.1) is 35.1 Å². The molecule has 0 spiro atoms. The van der Waals surface area contributed by atoms with E-state index in [2.05, 4.69) is 0 Å². The molecule has 2 aromatic rings. The Morgan fingerprint density at radius 3 is 2.54 bits per heavy atom. The van der Waals surface area contributed by atoms with Crippen molar-refractivity contribution in [2.24, 2.45) is 0 Å². The molecule has 1 amide bonds. The number of fused-ring (bicyclic) bond motifs is 1. The Morgan fingerprint density at radius 1 is 1.29 bits per heavy atom. The number of aromatic nitrogens is 1. The highest BCUT2D eigenvalue weighted by Gasteiger charge is 2.33. The summed E-state index contributed by atoms with van der Waals surface area (Å²) in [5.41, 5.74) is 8.46. The molecular formula is C24H28ClF3N3O4-. The van der Waals surface area contributed by atoms with Crippen molar-refractivity contribution in [3.8, 4) is 0 Å². The fourth-order valence-corrected chi connectivity index (χ4v) is 4.58. The maximum atomic E-state index is 12.6. The Kier molecular flexibility index (Phi) is 8.50. The third-order valence-electron chi connectivity index (χ3n) is 6.28. The number of nitrogens with zero attached hydrogens (tertiary/aromatic N) is 2. The van der Waals surface area contributed by atoms with Gasteiger partial charge in [-0.25, -0.2) is 4.79 Å². The number of alkyl halides is 3. The lowest BCUT2D eigenvalue weighted by Gasteiger charge is -2.24. The molecular weight excluding hydrogens is 487 g/mol. The maximum Gasteiger partial charge on any atom is 0.417 e. The topological polar surface area (TPSA) is 95.6 Å². The first-order chi connectivity index (χ1) is 16.5. The van der Waals surface area contributed by atoms with Gasteiger partial charge in [-0.1, -0.05) is 36.6 Å². The van der Waals surface area contributed by atoms with Crippen molar-refractivity contribution in [1.29, 1.82) is 0 Å². The molecule has 11 heteroatoms. The minimum absolute atomic E-state index is 0.0642. The SMILES string of the molecule is CC[C@@H]([NH-])c1ccc(C(F)(F)F)c(Cl)c1.C[C@H]1CCCN1C(=O)c1cc(C(=O)O)c2n1CCOC2. The summed E-state index contributed by atoms with van der Waals surface area (Å²) < 4.78 is 44.1. The second-order valence-electron chi connectivity index (χ2n) is 8.59. The van der Waals surface area contributed by atoms with Crippen LogP contribution in [0.2, 0.25) is 5.02 Å². The summed E-state index contributed by atoms with van der Waals surface area (Å²) in [5.74, 6) is -1.07. The Bertz CT molecular complexity index is 1090. The van der Waals surface area contributed by atoms with Crippen molar-refractivity contribution in [2.45, 2.75) is 64.5 Å². The molecule has 0 bridgehead atoms. The summed E-state index contributed by atoms with van der Waals surface area (Å²) >= 11 is 5.51. The minimum Gasteiger partial charge on any atom is -0.671 e. The van der Waals surface area contributed by atoms with E-state index in [-0.39, 0.29) is 29.1 Å². The molecule has 35 heavy (non-hydrogen) atoms. The molecule has 2 aliphatic heterocycles. The minimum atomic E-state index is -4.43. The van der Waals surface area contributed by atoms with Gasteiger partial charge in [0.15, 0.2) is 0 Å². The molecule has 1 saturated heterocycles. The zero-order valence-electron chi connectivity index (χ0n) is 19.5. The van der Waals surface area contributed by atoms with E-state index < -0.39 is 23.8 Å². The van der Waals surface area contributed by atoms with E-state index in [1.54, 1.807) is 11.5 Å². The third-order valence-corrected chi connectivity index (χ3v) is 6.59. The van der Waals surface area contributed by atoms with Gasteiger partial charge in [-0.05, 0) is 38.0 Å². The van der Waals surface area contributed by atoms with E-state index in [1.807, 2.05) is 11.8 Å².